The maximum atomic E-state index is 12.6. The number of nitrogens with one attached hydrogen (secondary N) is 2. The number of carbonyl (C=O) groups is 2. The first-order valence-corrected chi connectivity index (χ1v) is 10.6. The zero-order valence-electron chi connectivity index (χ0n) is 18.9. The molecule has 0 aliphatic rings. The minimum absolute atomic E-state index is 0.0440. The van der Waals surface area contributed by atoms with Crippen molar-refractivity contribution in [2.45, 2.75) is 33.2 Å². The van der Waals surface area contributed by atoms with E-state index in [9.17, 15) is 24.6 Å². The third-order valence-electron chi connectivity index (χ3n) is 5.81. The summed E-state index contributed by atoms with van der Waals surface area (Å²) in [6, 6.07) is 6.82. The molecule has 0 unspecified atom stereocenters. The van der Waals surface area contributed by atoms with Crippen LogP contribution in [0, 0.1) is 20.8 Å². The molecule has 0 radical (unpaired) electrons. The summed E-state index contributed by atoms with van der Waals surface area (Å²) in [5, 5.41) is 25.1. The van der Waals surface area contributed by atoms with E-state index in [0.717, 1.165) is 11.1 Å². The van der Waals surface area contributed by atoms with Crippen LogP contribution >= 0.6 is 0 Å². The van der Waals surface area contributed by atoms with Crippen LogP contribution in [-0.2, 0) is 16.0 Å². The lowest BCUT2D eigenvalue weighted by molar-refractivity contribution is -0.308. The molecule has 4 rings (SSSR count). The molecular weight excluding hydrogens is 440 g/mol. The maximum Gasteiger partial charge on any atom is 0.339 e. The molecular formula is C25H23N2O7-. The Morgan fingerprint density at radius 3 is 2.68 bits per heavy atom. The highest BCUT2D eigenvalue weighted by molar-refractivity contribution is 5.90. The summed E-state index contributed by atoms with van der Waals surface area (Å²) in [6.45, 7) is 4.76. The van der Waals surface area contributed by atoms with Crippen LogP contribution in [0.3, 0.4) is 0 Å². The lowest BCUT2D eigenvalue weighted by atomic mass is 10.0. The molecule has 3 N–H and O–H groups in total. The fraction of sp³-hybridized carbons (Fsp3) is 0.240. The quantitative estimate of drug-likeness (QED) is 0.354. The van der Waals surface area contributed by atoms with Crippen molar-refractivity contribution in [2.75, 3.05) is 6.61 Å². The molecule has 1 atom stereocenters. The number of carboxylic acid groups (broad SMARTS) is 1. The van der Waals surface area contributed by atoms with E-state index in [-0.39, 0.29) is 12.2 Å². The molecule has 1 amide bonds. The number of phenols is 1. The number of amides is 1. The highest BCUT2D eigenvalue weighted by Crippen LogP contribution is 2.31. The Kier molecular flexibility index (Phi) is 6.02. The van der Waals surface area contributed by atoms with E-state index >= 15 is 0 Å². The van der Waals surface area contributed by atoms with Crippen molar-refractivity contribution in [3.8, 4) is 11.5 Å². The number of phenolic OH excluding ortho intramolecular Hbond substituents is 1. The topological polar surface area (TPSA) is 145 Å². The Balaban J connectivity index is 1.52. The number of rotatable bonds is 7. The Bertz CT molecular complexity index is 1480. The van der Waals surface area contributed by atoms with E-state index in [0.29, 0.717) is 38.8 Å². The number of hydrogen-bond donors (Lipinski definition) is 3. The van der Waals surface area contributed by atoms with Crippen molar-refractivity contribution in [3.05, 3.63) is 69.2 Å². The van der Waals surface area contributed by atoms with Crippen molar-refractivity contribution < 1.29 is 29.0 Å². The van der Waals surface area contributed by atoms with Gasteiger partial charge in [0.25, 0.3) is 5.91 Å². The predicted octanol–water partition coefficient (Wildman–Crippen LogP) is 1.76. The van der Waals surface area contributed by atoms with E-state index in [4.69, 9.17) is 9.15 Å². The summed E-state index contributed by atoms with van der Waals surface area (Å²) in [5.74, 6) is -1.70. The monoisotopic (exact) mass is 463 g/mol. The smallest absolute Gasteiger partial charge is 0.339 e. The van der Waals surface area contributed by atoms with Crippen LogP contribution in [0.2, 0.25) is 0 Å². The van der Waals surface area contributed by atoms with Crippen molar-refractivity contribution in [1.82, 2.24) is 10.3 Å². The van der Waals surface area contributed by atoms with Gasteiger partial charge in [0.15, 0.2) is 6.61 Å². The van der Waals surface area contributed by atoms with E-state index in [2.05, 4.69) is 10.3 Å². The summed E-state index contributed by atoms with van der Waals surface area (Å²) in [6.07, 6.45) is 1.58. The predicted molar refractivity (Wildman–Crippen MR) is 123 cm³/mol. The highest BCUT2D eigenvalue weighted by Gasteiger charge is 2.19. The van der Waals surface area contributed by atoms with Gasteiger partial charge in [0.1, 0.15) is 17.1 Å². The van der Waals surface area contributed by atoms with Gasteiger partial charge in [-0.05, 0) is 67.8 Å². The average molecular weight is 463 g/mol. The van der Waals surface area contributed by atoms with Crippen molar-refractivity contribution in [3.63, 3.8) is 0 Å². The molecule has 9 heteroatoms. The normalized spacial score (nSPS) is 12.1. The Hall–Kier alpha value is -4.27. The van der Waals surface area contributed by atoms with Gasteiger partial charge < -0.3 is 34.5 Å². The highest BCUT2D eigenvalue weighted by atomic mass is 16.5. The number of aryl methyl sites for hydroxylation is 2. The molecule has 176 valence electrons. The van der Waals surface area contributed by atoms with Crippen LogP contribution in [0.15, 0.2) is 45.7 Å². The standard InChI is InChI=1S/C25H24N2O7/c1-12-6-20(23-13(2)14(3)25(32)34-21(23)7-12)33-11-22(29)27-19(24(30)31)8-15-10-26-18-5-4-16(28)9-17(15)18/h4-7,9-10,19,26,28H,8,11H2,1-3H3,(H,27,29)(H,30,31)/p-1/t19-/m1/s1. The third-order valence-corrected chi connectivity index (χ3v) is 5.81. The molecule has 0 saturated carbocycles. The first-order valence-electron chi connectivity index (χ1n) is 10.6. The zero-order chi connectivity index (χ0) is 24.6. The molecule has 0 spiro atoms. The minimum atomic E-state index is -1.45. The van der Waals surface area contributed by atoms with Gasteiger partial charge in [-0.25, -0.2) is 4.79 Å². The fourth-order valence-electron chi connectivity index (χ4n) is 3.93. The van der Waals surface area contributed by atoms with Crippen LogP contribution < -0.4 is 20.8 Å². The molecule has 2 aromatic carbocycles. The number of H-pyrrole nitrogens is 1. The van der Waals surface area contributed by atoms with Gasteiger partial charge in [-0.1, -0.05) is 0 Å². The molecule has 0 aliphatic heterocycles. The minimum Gasteiger partial charge on any atom is -0.548 e. The molecule has 0 bridgehead atoms. The van der Waals surface area contributed by atoms with Crippen molar-refractivity contribution in [1.29, 1.82) is 0 Å². The summed E-state index contributed by atoms with van der Waals surface area (Å²) >= 11 is 0. The lowest BCUT2D eigenvalue weighted by Gasteiger charge is -2.20. The Labute approximate surface area is 194 Å². The van der Waals surface area contributed by atoms with Crippen LogP contribution in [0.25, 0.3) is 21.9 Å². The van der Waals surface area contributed by atoms with Crippen LogP contribution in [0.1, 0.15) is 22.3 Å². The number of aromatic nitrogens is 1. The maximum absolute atomic E-state index is 12.6. The average Bonchev–Trinajstić information content (AvgIpc) is 3.16. The van der Waals surface area contributed by atoms with Gasteiger partial charge in [-0.15, -0.1) is 0 Å². The number of aliphatic carboxylic acids is 1. The number of benzene rings is 2. The van der Waals surface area contributed by atoms with E-state index < -0.39 is 30.2 Å². The lowest BCUT2D eigenvalue weighted by Crippen LogP contribution is -2.50. The molecule has 0 fully saturated rings. The number of aromatic amines is 1. The van der Waals surface area contributed by atoms with E-state index in [1.54, 1.807) is 45.2 Å². The van der Waals surface area contributed by atoms with E-state index in [1.807, 2.05) is 0 Å². The van der Waals surface area contributed by atoms with Gasteiger partial charge >= 0.3 is 5.63 Å². The molecule has 0 saturated heterocycles. The fourth-order valence-corrected chi connectivity index (χ4v) is 3.93. The number of hydrogen-bond acceptors (Lipinski definition) is 7. The second-order valence-corrected chi connectivity index (χ2v) is 8.25. The van der Waals surface area contributed by atoms with Gasteiger partial charge in [0.05, 0.1) is 17.4 Å². The van der Waals surface area contributed by atoms with Gasteiger partial charge in [0.2, 0.25) is 0 Å². The van der Waals surface area contributed by atoms with Gasteiger partial charge in [0, 0.05) is 29.1 Å². The van der Waals surface area contributed by atoms with E-state index in [1.165, 1.54) is 12.1 Å². The zero-order valence-corrected chi connectivity index (χ0v) is 18.9. The third kappa shape index (κ3) is 4.45. The second-order valence-electron chi connectivity index (χ2n) is 8.25. The number of carbonyl (C=O) groups excluding carboxylic acids is 2. The van der Waals surface area contributed by atoms with Crippen LogP contribution in [-0.4, -0.2) is 34.6 Å². The van der Waals surface area contributed by atoms with Crippen LogP contribution in [0.4, 0.5) is 0 Å². The molecule has 4 aromatic rings. The number of ether oxygens (including phenoxy) is 1. The molecule has 9 nitrogen and oxygen atoms in total. The SMILES string of the molecule is Cc1cc(OCC(=O)N[C@H](Cc2c[nH]c3ccc(O)cc23)C(=O)[O-])c2c(C)c(C)c(=O)oc2c1. The molecule has 0 aliphatic carbocycles. The Morgan fingerprint density at radius 1 is 1.18 bits per heavy atom. The number of fused-ring (bicyclic) bond motifs is 2. The van der Waals surface area contributed by atoms with Crippen LogP contribution in [0.5, 0.6) is 11.5 Å². The Morgan fingerprint density at radius 2 is 1.94 bits per heavy atom. The molecule has 34 heavy (non-hydrogen) atoms. The summed E-state index contributed by atoms with van der Waals surface area (Å²) in [7, 11) is 0. The van der Waals surface area contributed by atoms with Crippen molar-refractivity contribution >= 4 is 33.7 Å². The first kappa shape index (κ1) is 22.9. The second kappa shape index (κ2) is 8.93. The number of aromatic hydroxyl groups is 1. The summed E-state index contributed by atoms with van der Waals surface area (Å²) in [5.41, 5.74) is 3.12. The first-order chi connectivity index (χ1) is 16.1. The summed E-state index contributed by atoms with van der Waals surface area (Å²) in [4.78, 5) is 39.3. The molecule has 2 heterocycles. The van der Waals surface area contributed by atoms with Gasteiger partial charge in [-0.3, -0.25) is 4.79 Å². The van der Waals surface area contributed by atoms with Crippen molar-refractivity contribution in [2.24, 2.45) is 0 Å². The van der Waals surface area contributed by atoms with Gasteiger partial charge in [-0.2, -0.15) is 0 Å². The largest absolute Gasteiger partial charge is 0.548 e. The summed E-state index contributed by atoms with van der Waals surface area (Å²) < 4.78 is 11.1. The number of carboxylic acids is 1. The molecule has 2 aromatic heterocycles.